The summed E-state index contributed by atoms with van der Waals surface area (Å²) >= 11 is 13.1. The number of aromatic carboxylic acids is 1. The number of halogens is 2. The van der Waals surface area contributed by atoms with Crippen LogP contribution in [0.5, 0.6) is 0 Å². The monoisotopic (exact) mass is 451 g/mol. The molecule has 0 unspecified atom stereocenters. The molecule has 0 aromatic heterocycles. The molecule has 1 aliphatic rings. The number of amidine groups is 1. The summed E-state index contributed by atoms with van der Waals surface area (Å²) in [6.45, 7) is 0. The molecule has 2 N–H and O–H groups in total. The van der Waals surface area contributed by atoms with Crippen molar-refractivity contribution in [2.24, 2.45) is 4.99 Å². The van der Waals surface area contributed by atoms with Gasteiger partial charge in [-0.1, -0.05) is 41.0 Å². The van der Waals surface area contributed by atoms with Crippen LogP contribution >= 0.6 is 35.0 Å². The van der Waals surface area contributed by atoms with Gasteiger partial charge in [-0.3, -0.25) is 14.5 Å². The van der Waals surface area contributed by atoms with Gasteiger partial charge in [0.2, 0.25) is 11.8 Å². The van der Waals surface area contributed by atoms with E-state index in [0.29, 0.717) is 26.6 Å². The fourth-order valence-electron chi connectivity index (χ4n) is 2.52. The highest BCUT2D eigenvalue weighted by Crippen LogP contribution is 2.31. The van der Waals surface area contributed by atoms with E-state index in [0.717, 1.165) is 11.8 Å². The zero-order valence-electron chi connectivity index (χ0n) is 15.1. The highest BCUT2D eigenvalue weighted by atomic mass is 35.5. The largest absolute Gasteiger partial charge is 0.478 e. The molecule has 0 saturated carbocycles. The number of nitrogens with one attached hydrogen (secondary N) is 1. The molecule has 1 atom stereocenters. The first-order chi connectivity index (χ1) is 13.7. The van der Waals surface area contributed by atoms with Crippen LogP contribution in [0.1, 0.15) is 16.8 Å². The first kappa shape index (κ1) is 21.2. The summed E-state index contributed by atoms with van der Waals surface area (Å²) in [5.41, 5.74) is 0.887. The number of aliphatic imine (C=N–C) groups is 1. The van der Waals surface area contributed by atoms with E-state index in [-0.39, 0.29) is 17.9 Å². The van der Waals surface area contributed by atoms with Gasteiger partial charge in [0.25, 0.3) is 0 Å². The molecule has 10 heteroatoms. The normalized spacial score (nSPS) is 18.0. The van der Waals surface area contributed by atoms with Gasteiger partial charge in [0.1, 0.15) is 5.25 Å². The second kappa shape index (κ2) is 8.86. The van der Waals surface area contributed by atoms with Crippen molar-refractivity contribution in [3.05, 3.63) is 58.1 Å². The number of carboxylic acid groups (broad SMARTS) is 1. The van der Waals surface area contributed by atoms with Crippen LogP contribution in [0.25, 0.3) is 0 Å². The maximum atomic E-state index is 12.7. The molecule has 29 heavy (non-hydrogen) atoms. The van der Waals surface area contributed by atoms with Gasteiger partial charge in [0.05, 0.1) is 21.3 Å². The molecule has 1 heterocycles. The number of anilines is 1. The number of benzene rings is 2. The highest BCUT2D eigenvalue weighted by Gasteiger charge is 2.34. The van der Waals surface area contributed by atoms with E-state index in [1.807, 2.05) is 0 Å². The van der Waals surface area contributed by atoms with Crippen molar-refractivity contribution in [2.45, 2.75) is 11.7 Å². The van der Waals surface area contributed by atoms with Crippen molar-refractivity contribution in [2.75, 3.05) is 12.4 Å². The summed E-state index contributed by atoms with van der Waals surface area (Å²) in [6, 6.07) is 10.7. The van der Waals surface area contributed by atoms with E-state index in [4.69, 9.17) is 28.3 Å². The maximum Gasteiger partial charge on any atom is 0.335 e. The lowest BCUT2D eigenvalue weighted by molar-refractivity contribution is -0.128. The molecular formula is C19H15Cl2N3O4S. The molecule has 0 spiro atoms. The van der Waals surface area contributed by atoms with Gasteiger partial charge in [0, 0.05) is 19.2 Å². The van der Waals surface area contributed by atoms with Crippen molar-refractivity contribution in [3.8, 4) is 0 Å². The molecule has 3 rings (SSSR count). The quantitative estimate of drug-likeness (QED) is 0.722. The van der Waals surface area contributed by atoms with Crippen LogP contribution in [0.15, 0.2) is 47.5 Å². The Morgan fingerprint density at radius 1 is 1.21 bits per heavy atom. The van der Waals surface area contributed by atoms with Crippen molar-refractivity contribution >= 4 is 69.3 Å². The van der Waals surface area contributed by atoms with Crippen molar-refractivity contribution in [3.63, 3.8) is 0 Å². The van der Waals surface area contributed by atoms with Crippen molar-refractivity contribution in [1.82, 2.24) is 4.90 Å². The number of nitrogens with zero attached hydrogens (tertiary/aromatic N) is 2. The Morgan fingerprint density at radius 2 is 1.97 bits per heavy atom. The fraction of sp³-hybridized carbons (Fsp3) is 0.158. The average molecular weight is 452 g/mol. The summed E-state index contributed by atoms with van der Waals surface area (Å²) in [7, 11) is 1.58. The minimum atomic E-state index is -1.10. The molecule has 1 saturated heterocycles. The van der Waals surface area contributed by atoms with E-state index in [1.165, 1.54) is 23.1 Å². The summed E-state index contributed by atoms with van der Waals surface area (Å²) < 4.78 is 0. The van der Waals surface area contributed by atoms with Crippen LogP contribution in [0.4, 0.5) is 11.4 Å². The van der Waals surface area contributed by atoms with Gasteiger partial charge in [-0.15, -0.1) is 0 Å². The minimum absolute atomic E-state index is 0.00792. The second-order valence-electron chi connectivity index (χ2n) is 6.13. The average Bonchev–Trinajstić information content (AvgIpc) is 2.68. The third-order valence-electron chi connectivity index (χ3n) is 4.07. The van der Waals surface area contributed by atoms with E-state index < -0.39 is 17.1 Å². The Hall–Kier alpha value is -2.55. The van der Waals surface area contributed by atoms with Gasteiger partial charge < -0.3 is 10.4 Å². The Kier molecular flexibility index (Phi) is 6.46. The molecular weight excluding hydrogens is 437 g/mol. The number of carbonyl (C=O) groups is 3. The van der Waals surface area contributed by atoms with Crippen LogP contribution in [0.2, 0.25) is 10.0 Å². The summed E-state index contributed by atoms with van der Waals surface area (Å²) in [6.07, 6.45) is -0.00792. The predicted octanol–water partition coefficient (Wildman–Crippen LogP) is 4.28. The van der Waals surface area contributed by atoms with Crippen molar-refractivity contribution < 1.29 is 19.5 Å². The topological polar surface area (TPSA) is 99.1 Å². The van der Waals surface area contributed by atoms with Gasteiger partial charge in [-0.2, -0.15) is 0 Å². The number of hydrogen-bond donors (Lipinski definition) is 2. The molecule has 2 aromatic rings. The number of hydrogen-bond acceptors (Lipinski definition) is 5. The zero-order valence-corrected chi connectivity index (χ0v) is 17.4. The van der Waals surface area contributed by atoms with Gasteiger partial charge in [-0.25, -0.2) is 9.79 Å². The van der Waals surface area contributed by atoms with Crippen LogP contribution in [0.3, 0.4) is 0 Å². The number of carboxylic acids is 1. The molecule has 1 fully saturated rings. The molecule has 0 bridgehead atoms. The lowest BCUT2D eigenvalue weighted by atomic mass is 10.2. The molecule has 0 aliphatic carbocycles. The van der Waals surface area contributed by atoms with E-state index in [2.05, 4.69) is 10.3 Å². The molecule has 150 valence electrons. The van der Waals surface area contributed by atoms with Crippen LogP contribution in [0, 0.1) is 0 Å². The molecule has 2 aromatic carbocycles. The summed E-state index contributed by atoms with van der Waals surface area (Å²) in [5, 5.41) is 12.1. The molecule has 1 aliphatic heterocycles. The second-order valence-corrected chi connectivity index (χ2v) is 8.12. The number of carbonyl (C=O) groups excluding carboxylic acids is 2. The van der Waals surface area contributed by atoms with E-state index in [1.54, 1.807) is 31.3 Å². The van der Waals surface area contributed by atoms with Crippen molar-refractivity contribution in [1.29, 1.82) is 0 Å². The van der Waals surface area contributed by atoms with E-state index in [9.17, 15) is 14.4 Å². The fourth-order valence-corrected chi connectivity index (χ4v) is 3.87. The first-order valence-electron chi connectivity index (χ1n) is 8.36. The highest BCUT2D eigenvalue weighted by molar-refractivity contribution is 8.15. The molecule has 7 nitrogen and oxygen atoms in total. The third-order valence-corrected chi connectivity index (χ3v) is 6.05. The third kappa shape index (κ3) is 5.09. The molecule has 0 radical (unpaired) electrons. The number of amides is 2. The Labute approximate surface area is 180 Å². The lowest BCUT2D eigenvalue weighted by Gasteiger charge is -2.28. The van der Waals surface area contributed by atoms with Crippen LogP contribution in [-0.4, -0.2) is 45.3 Å². The molecule has 2 amide bonds. The van der Waals surface area contributed by atoms with Crippen LogP contribution < -0.4 is 5.32 Å². The Balaban J connectivity index is 1.79. The summed E-state index contributed by atoms with van der Waals surface area (Å²) in [5.74, 6) is -1.77. The number of thioether (sulfide) groups is 1. The maximum absolute atomic E-state index is 12.7. The lowest BCUT2D eigenvalue weighted by Crippen LogP contribution is -2.43. The van der Waals surface area contributed by atoms with Crippen LogP contribution in [-0.2, 0) is 9.59 Å². The van der Waals surface area contributed by atoms with Gasteiger partial charge >= 0.3 is 5.97 Å². The Bertz CT molecular complexity index is 1030. The smallest absolute Gasteiger partial charge is 0.335 e. The van der Waals surface area contributed by atoms with Gasteiger partial charge in [0.15, 0.2) is 5.17 Å². The predicted molar refractivity (Wildman–Crippen MR) is 114 cm³/mol. The SMILES string of the molecule is CN1C(=O)C[C@H](C(=O)Nc2cccc(C(=O)O)c2)SC1=Nc1ccc(Cl)c(Cl)c1. The van der Waals surface area contributed by atoms with Gasteiger partial charge in [-0.05, 0) is 36.4 Å². The first-order valence-corrected chi connectivity index (χ1v) is 9.99. The Morgan fingerprint density at radius 3 is 2.66 bits per heavy atom. The minimum Gasteiger partial charge on any atom is -0.478 e. The standard InChI is InChI=1S/C19H15Cl2N3O4S/c1-24-16(25)9-15(17(26)22-11-4-2-3-10(7-11)18(27)28)29-19(24)23-12-5-6-13(20)14(21)8-12/h2-8,15H,9H2,1H3,(H,22,26)(H,27,28)/t15-/m1/s1. The number of rotatable bonds is 4. The summed E-state index contributed by atoms with van der Waals surface area (Å²) in [4.78, 5) is 41.9. The zero-order chi connectivity index (χ0) is 21.1. The van der Waals surface area contributed by atoms with E-state index >= 15 is 0 Å².